The molecule has 0 aliphatic rings. The summed E-state index contributed by atoms with van der Waals surface area (Å²) in [6.45, 7) is 1.91. The number of likely N-dealkylation sites (N-methyl/N-ethyl adjacent to an activating group) is 1. The summed E-state index contributed by atoms with van der Waals surface area (Å²) in [5, 5.41) is 3.58. The zero-order valence-electron chi connectivity index (χ0n) is 9.18. The van der Waals surface area contributed by atoms with Crippen molar-refractivity contribution in [3.05, 3.63) is 35.6 Å². The highest BCUT2D eigenvalue weighted by Gasteiger charge is 2.16. The third kappa shape index (κ3) is 1.80. The van der Waals surface area contributed by atoms with E-state index in [9.17, 15) is 8.78 Å². The van der Waals surface area contributed by atoms with Gasteiger partial charge in [-0.2, -0.15) is 4.39 Å². The van der Waals surface area contributed by atoms with Gasteiger partial charge in [-0.15, -0.1) is 0 Å². The van der Waals surface area contributed by atoms with E-state index in [1.165, 1.54) is 6.26 Å². The fourth-order valence-corrected chi connectivity index (χ4v) is 1.68. The first kappa shape index (κ1) is 11.1. The molecule has 86 valence electrons. The van der Waals surface area contributed by atoms with Crippen molar-refractivity contribution in [3.8, 4) is 0 Å². The van der Waals surface area contributed by atoms with Crippen LogP contribution in [0.1, 0.15) is 12.5 Å². The Hall–Kier alpha value is -1.42. The SMILES string of the molecule is CN[C@H](C)Cc1cc2ccoc2c(F)c1F. The maximum atomic E-state index is 13.6. The highest BCUT2D eigenvalue weighted by Crippen LogP contribution is 2.25. The van der Waals surface area contributed by atoms with Gasteiger partial charge in [0.15, 0.2) is 11.4 Å². The molecule has 0 aliphatic heterocycles. The lowest BCUT2D eigenvalue weighted by atomic mass is 10.0. The number of nitrogens with one attached hydrogen (secondary N) is 1. The molecule has 0 saturated carbocycles. The summed E-state index contributed by atoms with van der Waals surface area (Å²) in [4.78, 5) is 0. The third-order valence-corrected chi connectivity index (χ3v) is 2.72. The molecule has 0 bridgehead atoms. The van der Waals surface area contributed by atoms with E-state index >= 15 is 0 Å². The summed E-state index contributed by atoms with van der Waals surface area (Å²) in [5.74, 6) is -1.72. The minimum absolute atomic E-state index is 0.0154. The molecule has 2 nitrogen and oxygen atoms in total. The van der Waals surface area contributed by atoms with Gasteiger partial charge in [-0.1, -0.05) is 0 Å². The second-order valence-electron chi connectivity index (χ2n) is 3.90. The van der Waals surface area contributed by atoms with Crippen LogP contribution in [0.5, 0.6) is 0 Å². The van der Waals surface area contributed by atoms with Crippen LogP contribution in [0, 0.1) is 11.6 Å². The van der Waals surface area contributed by atoms with Crippen LogP contribution in [0.15, 0.2) is 22.8 Å². The van der Waals surface area contributed by atoms with Crippen molar-refractivity contribution < 1.29 is 13.2 Å². The van der Waals surface area contributed by atoms with E-state index in [1.807, 2.05) is 6.92 Å². The van der Waals surface area contributed by atoms with E-state index in [-0.39, 0.29) is 11.6 Å². The molecule has 2 rings (SSSR count). The van der Waals surface area contributed by atoms with E-state index in [4.69, 9.17) is 4.42 Å². The minimum Gasteiger partial charge on any atom is -0.461 e. The van der Waals surface area contributed by atoms with Gasteiger partial charge in [0, 0.05) is 11.4 Å². The lowest BCUT2D eigenvalue weighted by molar-refractivity contribution is 0.477. The Bertz CT molecular complexity index is 507. The first-order chi connectivity index (χ1) is 7.63. The highest BCUT2D eigenvalue weighted by atomic mass is 19.2. The Labute approximate surface area is 92.2 Å². The van der Waals surface area contributed by atoms with Gasteiger partial charge in [0.25, 0.3) is 0 Å². The van der Waals surface area contributed by atoms with Gasteiger partial charge < -0.3 is 9.73 Å². The molecule has 0 saturated heterocycles. The summed E-state index contributed by atoms with van der Waals surface area (Å²) in [7, 11) is 1.79. The predicted molar refractivity (Wildman–Crippen MR) is 58.4 cm³/mol. The monoisotopic (exact) mass is 225 g/mol. The highest BCUT2D eigenvalue weighted by molar-refractivity contribution is 5.78. The van der Waals surface area contributed by atoms with Crippen molar-refractivity contribution >= 4 is 11.0 Å². The van der Waals surface area contributed by atoms with Crippen molar-refractivity contribution in [1.29, 1.82) is 0 Å². The van der Waals surface area contributed by atoms with Gasteiger partial charge >= 0.3 is 0 Å². The number of furan rings is 1. The van der Waals surface area contributed by atoms with Gasteiger partial charge in [0.1, 0.15) is 0 Å². The average Bonchev–Trinajstić information content (AvgIpc) is 2.73. The second kappa shape index (κ2) is 4.22. The van der Waals surface area contributed by atoms with Gasteiger partial charge in [-0.25, -0.2) is 4.39 Å². The summed E-state index contributed by atoms with van der Waals surface area (Å²) in [6.07, 6.45) is 1.80. The molecule has 16 heavy (non-hydrogen) atoms. The Balaban J connectivity index is 2.48. The molecule has 0 unspecified atom stereocenters. The topological polar surface area (TPSA) is 25.2 Å². The smallest absolute Gasteiger partial charge is 0.202 e. The zero-order chi connectivity index (χ0) is 11.7. The Kier molecular flexibility index (Phi) is 2.92. The van der Waals surface area contributed by atoms with Crippen LogP contribution in [0.25, 0.3) is 11.0 Å². The molecule has 1 aromatic heterocycles. The molecule has 1 N–H and O–H groups in total. The molecular weight excluding hydrogens is 212 g/mol. The molecule has 0 amide bonds. The van der Waals surface area contributed by atoms with Crippen molar-refractivity contribution in [1.82, 2.24) is 5.32 Å². The molecule has 4 heteroatoms. The molecule has 0 aliphatic carbocycles. The summed E-state index contributed by atoms with van der Waals surface area (Å²) in [6, 6.07) is 3.36. The Morgan fingerprint density at radius 2 is 2.12 bits per heavy atom. The van der Waals surface area contributed by atoms with Gasteiger partial charge in [-0.05, 0) is 38.1 Å². The third-order valence-electron chi connectivity index (χ3n) is 2.72. The van der Waals surface area contributed by atoms with Crippen molar-refractivity contribution in [3.63, 3.8) is 0 Å². The summed E-state index contributed by atoms with van der Waals surface area (Å²) >= 11 is 0. The minimum atomic E-state index is -0.902. The van der Waals surface area contributed by atoms with Crippen LogP contribution in [0.2, 0.25) is 0 Å². The largest absolute Gasteiger partial charge is 0.461 e. The van der Waals surface area contributed by atoms with Crippen molar-refractivity contribution in [2.45, 2.75) is 19.4 Å². The van der Waals surface area contributed by atoms with E-state index in [2.05, 4.69) is 5.32 Å². The lowest BCUT2D eigenvalue weighted by Crippen LogP contribution is -2.24. The van der Waals surface area contributed by atoms with E-state index < -0.39 is 11.6 Å². The van der Waals surface area contributed by atoms with E-state index in [0.29, 0.717) is 17.4 Å². The van der Waals surface area contributed by atoms with Crippen LogP contribution in [-0.4, -0.2) is 13.1 Å². The zero-order valence-corrected chi connectivity index (χ0v) is 9.18. The molecule has 0 fully saturated rings. The van der Waals surface area contributed by atoms with Crippen LogP contribution in [0.3, 0.4) is 0 Å². The van der Waals surface area contributed by atoms with Gasteiger partial charge in [-0.3, -0.25) is 0 Å². The average molecular weight is 225 g/mol. The Morgan fingerprint density at radius 1 is 1.38 bits per heavy atom. The molecule has 2 aromatic rings. The summed E-state index contributed by atoms with van der Waals surface area (Å²) < 4.78 is 32.1. The summed E-state index contributed by atoms with van der Waals surface area (Å²) in [5.41, 5.74) is 0.353. The van der Waals surface area contributed by atoms with Crippen molar-refractivity contribution in [2.75, 3.05) is 7.05 Å². The first-order valence-corrected chi connectivity index (χ1v) is 5.14. The number of hydrogen-bond donors (Lipinski definition) is 1. The fourth-order valence-electron chi connectivity index (χ4n) is 1.68. The number of fused-ring (bicyclic) bond motifs is 1. The Morgan fingerprint density at radius 3 is 2.81 bits per heavy atom. The molecule has 0 radical (unpaired) electrons. The number of benzene rings is 1. The molecule has 0 spiro atoms. The van der Waals surface area contributed by atoms with E-state index in [1.54, 1.807) is 19.2 Å². The van der Waals surface area contributed by atoms with E-state index in [0.717, 1.165) is 0 Å². The quantitative estimate of drug-likeness (QED) is 0.868. The molecular formula is C12H13F2NO. The molecule has 1 aromatic carbocycles. The predicted octanol–water partition coefficient (Wildman–Crippen LogP) is 2.86. The number of hydrogen-bond acceptors (Lipinski definition) is 2. The maximum absolute atomic E-state index is 13.6. The normalized spacial score (nSPS) is 13.2. The lowest BCUT2D eigenvalue weighted by Gasteiger charge is -2.11. The van der Waals surface area contributed by atoms with Crippen molar-refractivity contribution in [2.24, 2.45) is 0 Å². The van der Waals surface area contributed by atoms with Gasteiger partial charge in [0.05, 0.1) is 6.26 Å². The van der Waals surface area contributed by atoms with Gasteiger partial charge in [0.2, 0.25) is 5.82 Å². The second-order valence-corrected chi connectivity index (χ2v) is 3.90. The van der Waals surface area contributed by atoms with Crippen LogP contribution in [0.4, 0.5) is 8.78 Å². The van der Waals surface area contributed by atoms with Crippen LogP contribution < -0.4 is 5.32 Å². The molecule has 1 atom stereocenters. The van der Waals surface area contributed by atoms with Crippen LogP contribution in [-0.2, 0) is 6.42 Å². The number of rotatable bonds is 3. The van der Waals surface area contributed by atoms with Crippen LogP contribution >= 0.6 is 0 Å². The first-order valence-electron chi connectivity index (χ1n) is 5.14. The number of halogens is 2. The maximum Gasteiger partial charge on any atom is 0.202 e. The standard InChI is InChI=1S/C12H13F2NO/c1-7(15-2)5-9-6-8-3-4-16-12(8)11(14)10(9)13/h3-4,6-7,15H,5H2,1-2H3/t7-/m1/s1. The molecule has 1 heterocycles. The fraction of sp³-hybridized carbons (Fsp3) is 0.333.